The van der Waals surface area contributed by atoms with E-state index in [9.17, 15) is 0 Å². The molecule has 0 unspecified atom stereocenters. The summed E-state index contributed by atoms with van der Waals surface area (Å²) in [6.07, 6.45) is 2.46. The number of pyridine rings is 1. The molecule has 0 bridgehead atoms. The Morgan fingerprint density at radius 1 is 1.53 bits per heavy atom. The van der Waals surface area contributed by atoms with E-state index >= 15 is 0 Å². The van der Waals surface area contributed by atoms with Crippen molar-refractivity contribution in [2.75, 3.05) is 24.2 Å². The van der Waals surface area contributed by atoms with Gasteiger partial charge in [0.15, 0.2) is 0 Å². The van der Waals surface area contributed by atoms with Crippen molar-refractivity contribution < 1.29 is 5.11 Å². The van der Waals surface area contributed by atoms with Gasteiger partial charge in [-0.1, -0.05) is 13.8 Å². The lowest BCUT2D eigenvalue weighted by Crippen LogP contribution is -2.24. The first kappa shape index (κ1) is 11.8. The molecule has 0 aromatic carbocycles. The minimum Gasteiger partial charge on any atom is -0.396 e. The average Bonchev–Trinajstić information content (AvgIpc) is 2.15. The van der Waals surface area contributed by atoms with Crippen molar-refractivity contribution >= 4 is 11.5 Å². The molecule has 4 nitrogen and oxygen atoms in total. The zero-order valence-corrected chi connectivity index (χ0v) is 9.33. The summed E-state index contributed by atoms with van der Waals surface area (Å²) in [4.78, 5) is 3.92. The molecule has 1 heterocycles. The highest BCUT2D eigenvalue weighted by Gasteiger charge is 2.16. The van der Waals surface area contributed by atoms with Gasteiger partial charge in [0.1, 0.15) is 5.82 Å². The quantitative estimate of drug-likeness (QED) is 0.687. The Bertz CT molecular complexity index is 312. The van der Waals surface area contributed by atoms with E-state index in [1.807, 2.05) is 6.07 Å². The summed E-state index contributed by atoms with van der Waals surface area (Å²) < 4.78 is 0. The molecule has 4 heteroatoms. The number of nitrogens with zero attached hydrogens (tertiary/aromatic N) is 1. The van der Waals surface area contributed by atoms with Crippen LogP contribution < -0.4 is 11.1 Å². The zero-order chi connectivity index (χ0) is 11.3. The number of rotatable bonds is 5. The molecule has 0 saturated carbocycles. The number of aromatic nitrogens is 1. The molecule has 4 N–H and O–H groups in total. The molecule has 0 aliphatic heterocycles. The van der Waals surface area contributed by atoms with Crippen LogP contribution in [0.3, 0.4) is 0 Å². The summed E-state index contributed by atoms with van der Waals surface area (Å²) >= 11 is 0. The minimum atomic E-state index is 0.0762. The van der Waals surface area contributed by atoms with E-state index < -0.39 is 0 Å². The smallest absolute Gasteiger partial charge is 0.125 e. The largest absolute Gasteiger partial charge is 0.396 e. The van der Waals surface area contributed by atoms with E-state index in [4.69, 9.17) is 10.8 Å². The first-order valence-corrected chi connectivity index (χ1v) is 5.10. The monoisotopic (exact) mass is 209 g/mol. The van der Waals surface area contributed by atoms with E-state index in [1.165, 1.54) is 0 Å². The maximum Gasteiger partial charge on any atom is 0.125 e. The maximum absolute atomic E-state index is 8.89. The Hall–Kier alpha value is -1.29. The van der Waals surface area contributed by atoms with Crippen molar-refractivity contribution in [2.45, 2.75) is 20.3 Å². The Morgan fingerprint density at radius 2 is 2.27 bits per heavy atom. The Labute approximate surface area is 90.5 Å². The lowest BCUT2D eigenvalue weighted by molar-refractivity contribution is 0.220. The van der Waals surface area contributed by atoms with Crippen molar-refractivity contribution in [1.82, 2.24) is 4.98 Å². The number of hydrogen-bond donors (Lipinski definition) is 3. The molecule has 15 heavy (non-hydrogen) atoms. The van der Waals surface area contributed by atoms with Crippen LogP contribution in [0.15, 0.2) is 18.3 Å². The van der Waals surface area contributed by atoms with Crippen LogP contribution in [-0.4, -0.2) is 23.2 Å². The Balaban J connectivity index is 2.49. The number of anilines is 2. The van der Waals surface area contributed by atoms with Gasteiger partial charge in [-0.25, -0.2) is 4.98 Å². The molecular weight excluding hydrogens is 190 g/mol. The van der Waals surface area contributed by atoms with Gasteiger partial charge in [-0.05, 0) is 17.9 Å². The van der Waals surface area contributed by atoms with Crippen molar-refractivity contribution in [3.8, 4) is 0 Å². The van der Waals surface area contributed by atoms with Crippen LogP contribution in [-0.2, 0) is 0 Å². The van der Waals surface area contributed by atoms with Crippen LogP contribution in [0.5, 0.6) is 0 Å². The average molecular weight is 209 g/mol. The number of hydrogen-bond acceptors (Lipinski definition) is 4. The molecule has 1 aromatic rings. The fourth-order valence-corrected chi connectivity index (χ4v) is 1.29. The highest BCUT2D eigenvalue weighted by atomic mass is 16.3. The highest BCUT2D eigenvalue weighted by molar-refractivity contribution is 5.49. The lowest BCUT2D eigenvalue weighted by Gasteiger charge is -2.24. The van der Waals surface area contributed by atoms with Crippen LogP contribution in [0.1, 0.15) is 20.3 Å². The third-order valence-electron chi connectivity index (χ3n) is 2.34. The molecule has 0 radical (unpaired) electrons. The maximum atomic E-state index is 8.89. The van der Waals surface area contributed by atoms with Crippen molar-refractivity contribution in [2.24, 2.45) is 5.41 Å². The fraction of sp³-hybridized carbons (Fsp3) is 0.545. The van der Waals surface area contributed by atoms with Crippen molar-refractivity contribution in [3.05, 3.63) is 18.3 Å². The number of aliphatic hydroxyl groups is 1. The third-order valence-corrected chi connectivity index (χ3v) is 2.34. The van der Waals surface area contributed by atoms with Gasteiger partial charge in [0.25, 0.3) is 0 Å². The molecule has 0 fully saturated rings. The van der Waals surface area contributed by atoms with Crippen LogP contribution in [0, 0.1) is 5.41 Å². The first-order chi connectivity index (χ1) is 7.03. The molecule has 0 aliphatic rings. The van der Waals surface area contributed by atoms with Gasteiger partial charge in [0.2, 0.25) is 0 Å². The number of nitrogen functional groups attached to an aromatic ring is 1. The van der Waals surface area contributed by atoms with Gasteiger partial charge in [-0.3, -0.25) is 0 Å². The highest BCUT2D eigenvalue weighted by Crippen LogP contribution is 2.20. The Kier molecular flexibility index (Phi) is 3.91. The normalized spacial score (nSPS) is 11.4. The van der Waals surface area contributed by atoms with E-state index in [1.54, 1.807) is 12.3 Å². The van der Waals surface area contributed by atoms with E-state index in [0.717, 1.165) is 18.7 Å². The van der Waals surface area contributed by atoms with Gasteiger partial charge in [-0.15, -0.1) is 0 Å². The molecule has 0 saturated heterocycles. The van der Waals surface area contributed by atoms with Gasteiger partial charge < -0.3 is 16.2 Å². The van der Waals surface area contributed by atoms with Gasteiger partial charge in [0, 0.05) is 31.1 Å². The predicted octanol–water partition coefficient (Wildman–Crippen LogP) is 1.48. The van der Waals surface area contributed by atoms with Gasteiger partial charge >= 0.3 is 0 Å². The molecule has 0 aliphatic carbocycles. The van der Waals surface area contributed by atoms with Crippen molar-refractivity contribution in [3.63, 3.8) is 0 Å². The molecule has 1 aromatic heterocycles. The van der Waals surface area contributed by atoms with Crippen LogP contribution in [0.2, 0.25) is 0 Å². The van der Waals surface area contributed by atoms with Crippen molar-refractivity contribution in [1.29, 1.82) is 0 Å². The standard InChI is InChI=1S/C11H19N3O/c1-11(2,4-6-15)8-14-9-3-5-13-10(12)7-9/h3,5,7,15H,4,6,8H2,1-2H3,(H3,12,13,14). The summed E-state index contributed by atoms with van der Waals surface area (Å²) in [7, 11) is 0. The summed E-state index contributed by atoms with van der Waals surface area (Å²) in [5, 5.41) is 12.2. The fourth-order valence-electron chi connectivity index (χ4n) is 1.29. The minimum absolute atomic E-state index is 0.0762. The number of nitrogens with one attached hydrogen (secondary N) is 1. The second-order valence-electron chi connectivity index (χ2n) is 4.46. The molecule has 0 spiro atoms. The first-order valence-electron chi connectivity index (χ1n) is 5.10. The SMILES string of the molecule is CC(C)(CCO)CNc1ccnc(N)c1. The van der Waals surface area contributed by atoms with E-state index in [-0.39, 0.29) is 12.0 Å². The summed E-state index contributed by atoms with van der Waals surface area (Å²) in [6.45, 7) is 5.24. The predicted molar refractivity (Wildman–Crippen MR) is 62.6 cm³/mol. The topological polar surface area (TPSA) is 71.2 Å². The van der Waals surface area contributed by atoms with Crippen LogP contribution in [0.25, 0.3) is 0 Å². The van der Waals surface area contributed by atoms with E-state index in [0.29, 0.717) is 5.82 Å². The number of nitrogens with two attached hydrogens (primary N) is 1. The lowest BCUT2D eigenvalue weighted by atomic mass is 9.90. The molecular formula is C11H19N3O. The van der Waals surface area contributed by atoms with Gasteiger partial charge in [-0.2, -0.15) is 0 Å². The second kappa shape index (κ2) is 4.98. The van der Waals surface area contributed by atoms with Crippen LogP contribution >= 0.6 is 0 Å². The third kappa shape index (κ3) is 4.16. The Morgan fingerprint density at radius 3 is 2.87 bits per heavy atom. The van der Waals surface area contributed by atoms with E-state index in [2.05, 4.69) is 24.1 Å². The molecule has 1 rings (SSSR count). The second-order valence-corrected chi connectivity index (χ2v) is 4.46. The number of aliphatic hydroxyl groups excluding tert-OH is 1. The molecule has 0 atom stereocenters. The zero-order valence-electron chi connectivity index (χ0n) is 9.33. The van der Waals surface area contributed by atoms with Crippen LogP contribution in [0.4, 0.5) is 11.5 Å². The van der Waals surface area contributed by atoms with Gasteiger partial charge in [0.05, 0.1) is 0 Å². The summed E-state index contributed by atoms with van der Waals surface area (Å²) in [5.74, 6) is 0.514. The molecule has 84 valence electrons. The summed E-state index contributed by atoms with van der Waals surface area (Å²) in [6, 6.07) is 3.68. The summed E-state index contributed by atoms with van der Waals surface area (Å²) in [5.41, 5.74) is 6.61. The molecule has 0 amide bonds.